The third kappa shape index (κ3) is 9.88. The SMILES string of the molecule is COC(=O)C(C(=O)OC)[C@H](C)[C@H](NC(=O)CCCCCNC(=O)OCc1ccccc1)C(N)=O. The quantitative estimate of drug-likeness (QED) is 0.154. The molecule has 0 fully saturated rings. The van der Waals surface area contributed by atoms with Gasteiger partial charge < -0.3 is 30.6 Å². The van der Waals surface area contributed by atoms with Gasteiger partial charge in [0, 0.05) is 18.9 Å². The first-order valence-corrected chi connectivity index (χ1v) is 10.9. The molecule has 0 aliphatic heterocycles. The van der Waals surface area contributed by atoms with Gasteiger partial charge in [0.05, 0.1) is 14.2 Å². The second-order valence-corrected chi connectivity index (χ2v) is 7.63. The molecule has 0 saturated carbocycles. The Morgan fingerprint density at radius 3 is 2.12 bits per heavy atom. The molecule has 2 atom stereocenters. The van der Waals surface area contributed by atoms with Gasteiger partial charge in [-0.3, -0.25) is 19.2 Å². The van der Waals surface area contributed by atoms with E-state index in [0.717, 1.165) is 19.8 Å². The number of nitrogens with two attached hydrogens (primary N) is 1. The smallest absolute Gasteiger partial charge is 0.407 e. The Bertz CT molecular complexity index is 815. The van der Waals surface area contributed by atoms with Crippen molar-refractivity contribution >= 4 is 29.8 Å². The number of primary amides is 1. The molecule has 188 valence electrons. The van der Waals surface area contributed by atoms with E-state index in [9.17, 15) is 24.0 Å². The van der Waals surface area contributed by atoms with Gasteiger partial charge in [-0.15, -0.1) is 0 Å². The van der Waals surface area contributed by atoms with Gasteiger partial charge in [-0.25, -0.2) is 4.79 Å². The number of hydrogen-bond donors (Lipinski definition) is 3. The van der Waals surface area contributed by atoms with Crippen LogP contribution in [0.2, 0.25) is 0 Å². The Morgan fingerprint density at radius 2 is 1.56 bits per heavy atom. The second kappa shape index (κ2) is 15.3. The maximum absolute atomic E-state index is 12.3. The average Bonchev–Trinajstić information content (AvgIpc) is 2.83. The highest BCUT2D eigenvalue weighted by molar-refractivity contribution is 5.97. The van der Waals surface area contributed by atoms with Crippen molar-refractivity contribution in [1.82, 2.24) is 10.6 Å². The molecule has 0 spiro atoms. The first-order valence-electron chi connectivity index (χ1n) is 10.9. The molecule has 11 nitrogen and oxygen atoms in total. The third-order valence-electron chi connectivity index (χ3n) is 5.15. The molecule has 0 heterocycles. The van der Waals surface area contributed by atoms with Crippen molar-refractivity contribution < 1.29 is 38.2 Å². The summed E-state index contributed by atoms with van der Waals surface area (Å²) in [6, 6.07) is 8.03. The van der Waals surface area contributed by atoms with Crippen molar-refractivity contribution in [2.24, 2.45) is 17.6 Å². The van der Waals surface area contributed by atoms with Crippen molar-refractivity contribution in [3.63, 3.8) is 0 Å². The Hall–Kier alpha value is -3.63. The Kier molecular flexibility index (Phi) is 12.7. The highest BCUT2D eigenvalue weighted by atomic mass is 16.6. The van der Waals surface area contributed by atoms with Crippen LogP contribution < -0.4 is 16.4 Å². The number of nitrogens with one attached hydrogen (secondary N) is 2. The first kappa shape index (κ1) is 28.4. The Labute approximate surface area is 198 Å². The fourth-order valence-electron chi connectivity index (χ4n) is 3.23. The van der Waals surface area contributed by atoms with E-state index in [-0.39, 0.29) is 13.0 Å². The van der Waals surface area contributed by atoms with Crippen LogP contribution in [0.3, 0.4) is 0 Å². The number of benzene rings is 1. The molecule has 0 bridgehead atoms. The lowest BCUT2D eigenvalue weighted by atomic mass is 9.86. The highest BCUT2D eigenvalue weighted by Gasteiger charge is 2.41. The maximum atomic E-state index is 12.3. The molecule has 11 heteroatoms. The number of unbranched alkanes of at least 4 members (excludes halogenated alkanes) is 2. The number of hydrogen-bond acceptors (Lipinski definition) is 8. The van der Waals surface area contributed by atoms with Crippen LogP contribution in [-0.4, -0.2) is 56.7 Å². The molecule has 34 heavy (non-hydrogen) atoms. The summed E-state index contributed by atoms with van der Waals surface area (Å²) in [6.07, 6.45) is 1.32. The molecule has 0 radical (unpaired) electrons. The summed E-state index contributed by atoms with van der Waals surface area (Å²) in [5.41, 5.74) is 6.27. The molecule has 1 aromatic carbocycles. The van der Waals surface area contributed by atoms with Crippen LogP contribution in [0.4, 0.5) is 4.79 Å². The minimum absolute atomic E-state index is 0.0933. The van der Waals surface area contributed by atoms with Crippen molar-refractivity contribution in [3.8, 4) is 0 Å². The van der Waals surface area contributed by atoms with Gasteiger partial charge in [0.25, 0.3) is 0 Å². The van der Waals surface area contributed by atoms with Crippen LogP contribution in [0, 0.1) is 11.8 Å². The molecule has 1 rings (SSSR count). The molecule has 4 N–H and O–H groups in total. The fourth-order valence-corrected chi connectivity index (χ4v) is 3.23. The minimum Gasteiger partial charge on any atom is -0.468 e. The summed E-state index contributed by atoms with van der Waals surface area (Å²) in [7, 11) is 2.20. The topological polar surface area (TPSA) is 163 Å². The molecule has 3 amide bonds. The van der Waals surface area contributed by atoms with Gasteiger partial charge >= 0.3 is 18.0 Å². The number of amides is 3. The molecule has 0 unspecified atom stereocenters. The van der Waals surface area contributed by atoms with Crippen molar-refractivity contribution in [3.05, 3.63) is 35.9 Å². The second-order valence-electron chi connectivity index (χ2n) is 7.63. The summed E-state index contributed by atoms with van der Waals surface area (Å²) in [6.45, 7) is 1.99. The van der Waals surface area contributed by atoms with E-state index >= 15 is 0 Å². The number of carbonyl (C=O) groups is 5. The summed E-state index contributed by atoms with van der Waals surface area (Å²) < 4.78 is 14.3. The molecular weight excluding hydrogens is 446 g/mol. The van der Waals surface area contributed by atoms with E-state index in [4.69, 9.17) is 10.5 Å². The molecule has 0 aromatic heterocycles. The molecule has 0 aliphatic carbocycles. The van der Waals surface area contributed by atoms with Crippen LogP contribution in [0.15, 0.2) is 30.3 Å². The Balaban J connectivity index is 2.37. The summed E-state index contributed by atoms with van der Waals surface area (Å²) in [4.78, 5) is 59.8. The third-order valence-corrected chi connectivity index (χ3v) is 5.15. The average molecular weight is 480 g/mol. The van der Waals surface area contributed by atoms with E-state index in [2.05, 4.69) is 20.1 Å². The zero-order valence-corrected chi connectivity index (χ0v) is 19.7. The summed E-state index contributed by atoms with van der Waals surface area (Å²) in [5.74, 6) is -5.53. The lowest BCUT2D eigenvalue weighted by Crippen LogP contribution is -2.52. The van der Waals surface area contributed by atoms with E-state index in [0.29, 0.717) is 25.8 Å². The monoisotopic (exact) mass is 479 g/mol. The first-order chi connectivity index (χ1) is 16.2. The van der Waals surface area contributed by atoms with Gasteiger partial charge in [0.1, 0.15) is 12.6 Å². The number of alkyl carbamates (subject to hydrolysis) is 1. The lowest BCUT2D eigenvalue weighted by Gasteiger charge is -2.26. The molecule has 1 aromatic rings. The zero-order valence-electron chi connectivity index (χ0n) is 19.7. The van der Waals surface area contributed by atoms with Gasteiger partial charge in [-0.05, 0) is 18.4 Å². The molecule has 0 saturated heterocycles. The number of rotatable bonds is 14. The maximum Gasteiger partial charge on any atom is 0.407 e. The number of methoxy groups -OCH3 is 2. The van der Waals surface area contributed by atoms with Crippen molar-refractivity contribution in [1.29, 1.82) is 0 Å². The lowest BCUT2D eigenvalue weighted by molar-refractivity contribution is -0.162. The largest absolute Gasteiger partial charge is 0.468 e. The van der Waals surface area contributed by atoms with Gasteiger partial charge in [0.15, 0.2) is 5.92 Å². The van der Waals surface area contributed by atoms with Crippen LogP contribution in [0.1, 0.15) is 38.2 Å². The Morgan fingerprint density at radius 1 is 0.941 bits per heavy atom. The van der Waals surface area contributed by atoms with Crippen molar-refractivity contribution in [2.45, 2.75) is 45.3 Å². The number of esters is 2. The van der Waals surface area contributed by atoms with E-state index in [1.807, 2.05) is 30.3 Å². The number of ether oxygens (including phenoxy) is 3. The van der Waals surface area contributed by atoms with E-state index in [1.165, 1.54) is 6.92 Å². The van der Waals surface area contributed by atoms with Crippen LogP contribution in [0.5, 0.6) is 0 Å². The standard InChI is InChI=1S/C23H33N3O8/c1-15(18(21(29)32-2)22(30)33-3)19(20(24)28)26-17(27)12-8-5-9-13-25-23(31)34-14-16-10-6-4-7-11-16/h4,6-7,10-11,15,18-19H,5,8-9,12-14H2,1-3H3,(H2,24,28)(H,25,31)(H,26,27)/t15-,19-/m0/s1. The van der Waals surface area contributed by atoms with Crippen LogP contribution >= 0.6 is 0 Å². The van der Waals surface area contributed by atoms with Gasteiger partial charge in [-0.2, -0.15) is 0 Å². The normalized spacial score (nSPS) is 12.2. The van der Waals surface area contributed by atoms with E-state index < -0.39 is 47.7 Å². The predicted octanol–water partition coefficient (Wildman–Crippen LogP) is 1.04. The zero-order chi connectivity index (χ0) is 25.5. The van der Waals surface area contributed by atoms with Crippen LogP contribution in [-0.2, 0) is 40.0 Å². The van der Waals surface area contributed by atoms with Crippen LogP contribution in [0.25, 0.3) is 0 Å². The summed E-state index contributed by atoms with van der Waals surface area (Å²) >= 11 is 0. The van der Waals surface area contributed by atoms with Gasteiger partial charge in [-0.1, -0.05) is 43.7 Å². The number of carbonyl (C=O) groups excluding carboxylic acids is 5. The summed E-state index contributed by atoms with van der Waals surface area (Å²) in [5, 5.41) is 5.11. The van der Waals surface area contributed by atoms with Gasteiger partial charge in [0.2, 0.25) is 11.8 Å². The minimum atomic E-state index is -1.42. The van der Waals surface area contributed by atoms with E-state index in [1.54, 1.807) is 0 Å². The molecular formula is C23H33N3O8. The molecule has 0 aliphatic rings. The highest BCUT2D eigenvalue weighted by Crippen LogP contribution is 2.20. The predicted molar refractivity (Wildman–Crippen MR) is 121 cm³/mol. The van der Waals surface area contributed by atoms with Crippen molar-refractivity contribution in [2.75, 3.05) is 20.8 Å². The fraction of sp³-hybridized carbons (Fsp3) is 0.522.